The Morgan fingerprint density at radius 1 is 1.41 bits per heavy atom. The van der Waals surface area contributed by atoms with Crippen LogP contribution in [0.2, 0.25) is 0 Å². The van der Waals surface area contributed by atoms with Crippen LogP contribution in [0.1, 0.15) is 27.2 Å². The molecule has 1 heterocycles. The fourth-order valence-corrected chi connectivity index (χ4v) is 2.03. The van der Waals surface area contributed by atoms with Crippen molar-refractivity contribution in [1.82, 2.24) is 0 Å². The number of nitrogens with one attached hydrogen (secondary N) is 2. The first-order valence-electron chi connectivity index (χ1n) is 5.86. The number of benzene rings is 1. The van der Waals surface area contributed by atoms with Crippen molar-refractivity contribution in [3.63, 3.8) is 0 Å². The van der Waals surface area contributed by atoms with Gasteiger partial charge >= 0.3 is 0 Å². The Labute approximate surface area is 101 Å². The van der Waals surface area contributed by atoms with Crippen molar-refractivity contribution in [2.75, 3.05) is 17.2 Å². The van der Waals surface area contributed by atoms with E-state index in [1.165, 1.54) is 0 Å². The average Bonchev–Trinajstić information content (AvgIpc) is 2.32. The lowest BCUT2D eigenvalue weighted by Crippen LogP contribution is -2.32. The number of hydrogen-bond donors (Lipinski definition) is 2. The van der Waals surface area contributed by atoms with Crippen LogP contribution in [0.4, 0.5) is 11.4 Å². The van der Waals surface area contributed by atoms with Gasteiger partial charge in [-0.25, -0.2) is 0 Å². The second kappa shape index (κ2) is 4.28. The van der Waals surface area contributed by atoms with Gasteiger partial charge in [0.05, 0.1) is 12.3 Å². The molecule has 4 nitrogen and oxygen atoms in total. The lowest BCUT2D eigenvalue weighted by atomic mass is 10.0. The molecule has 0 unspecified atom stereocenters. The van der Waals surface area contributed by atoms with Crippen molar-refractivity contribution < 1.29 is 9.53 Å². The third-order valence-corrected chi connectivity index (χ3v) is 2.67. The molecule has 1 amide bonds. The van der Waals surface area contributed by atoms with Crippen molar-refractivity contribution in [3.05, 3.63) is 18.2 Å². The van der Waals surface area contributed by atoms with E-state index in [1.54, 1.807) is 0 Å². The summed E-state index contributed by atoms with van der Waals surface area (Å²) in [5.74, 6) is 0.719. The Balaban J connectivity index is 2.44. The van der Waals surface area contributed by atoms with Gasteiger partial charge in [0.25, 0.3) is 0 Å². The molecule has 0 fully saturated rings. The van der Waals surface area contributed by atoms with Crippen molar-refractivity contribution in [3.8, 4) is 5.75 Å². The van der Waals surface area contributed by atoms with Crippen molar-refractivity contribution >= 4 is 17.3 Å². The molecule has 2 N–H and O–H groups in total. The normalized spacial score (nSPS) is 17.5. The summed E-state index contributed by atoms with van der Waals surface area (Å²) in [6.07, 6.45) is 0.438. The van der Waals surface area contributed by atoms with Crippen LogP contribution in [-0.2, 0) is 4.79 Å². The third-order valence-electron chi connectivity index (χ3n) is 2.67. The van der Waals surface area contributed by atoms with Crippen LogP contribution in [0.5, 0.6) is 5.75 Å². The first-order chi connectivity index (χ1) is 8.02. The molecule has 0 radical (unpaired) electrons. The molecule has 1 aliphatic rings. The number of amides is 1. The smallest absolute Gasteiger partial charge is 0.226 e. The van der Waals surface area contributed by atoms with Gasteiger partial charge in [0.2, 0.25) is 5.91 Å². The summed E-state index contributed by atoms with van der Waals surface area (Å²) in [7, 11) is 0. The maximum Gasteiger partial charge on any atom is 0.226 e. The molecule has 0 atom stereocenters. The van der Waals surface area contributed by atoms with Gasteiger partial charge in [0, 0.05) is 12.0 Å². The highest BCUT2D eigenvalue weighted by Crippen LogP contribution is 2.37. The Morgan fingerprint density at radius 2 is 2.18 bits per heavy atom. The number of fused-ring (bicyclic) bond motifs is 1. The molecule has 0 saturated carbocycles. The summed E-state index contributed by atoms with van der Waals surface area (Å²) in [5, 5.41) is 6.27. The van der Waals surface area contributed by atoms with Gasteiger partial charge in [0.15, 0.2) is 0 Å². The highest BCUT2D eigenvalue weighted by molar-refractivity contribution is 5.98. The lowest BCUT2D eigenvalue weighted by molar-refractivity contribution is -0.116. The van der Waals surface area contributed by atoms with Crippen molar-refractivity contribution in [2.24, 2.45) is 0 Å². The van der Waals surface area contributed by atoms with Crippen LogP contribution in [0, 0.1) is 0 Å². The molecule has 1 aliphatic heterocycles. The van der Waals surface area contributed by atoms with E-state index >= 15 is 0 Å². The molecule has 4 heteroatoms. The Bertz CT molecular complexity index is 441. The van der Waals surface area contributed by atoms with Gasteiger partial charge in [-0.1, -0.05) is 6.07 Å². The summed E-state index contributed by atoms with van der Waals surface area (Å²) in [6.45, 7) is 6.52. The number of rotatable bonds is 2. The summed E-state index contributed by atoms with van der Waals surface area (Å²) in [5.41, 5.74) is 1.40. The number of anilines is 2. The molecule has 2 rings (SSSR count). The van der Waals surface area contributed by atoms with Gasteiger partial charge in [-0.2, -0.15) is 0 Å². The minimum atomic E-state index is -0.250. The molecule has 92 valence electrons. The van der Waals surface area contributed by atoms with E-state index in [2.05, 4.69) is 10.6 Å². The zero-order chi connectivity index (χ0) is 12.5. The minimum Gasteiger partial charge on any atom is -0.492 e. The monoisotopic (exact) mass is 234 g/mol. The van der Waals surface area contributed by atoms with Crippen LogP contribution in [0.3, 0.4) is 0 Å². The summed E-state index contributed by atoms with van der Waals surface area (Å²) in [6, 6.07) is 5.73. The number of carbonyl (C=O) groups is 1. The maximum atomic E-state index is 11.8. The molecular formula is C13H18N2O2. The zero-order valence-corrected chi connectivity index (χ0v) is 10.5. The number of para-hydroxylation sites is 1. The van der Waals surface area contributed by atoms with Crippen molar-refractivity contribution in [2.45, 2.75) is 32.7 Å². The summed E-state index contributed by atoms with van der Waals surface area (Å²) in [4.78, 5) is 11.8. The zero-order valence-electron chi connectivity index (χ0n) is 10.5. The molecule has 0 spiro atoms. The topological polar surface area (TPSA) is 50.4 Å². The Kier molecular flexibility index (Phi) is 2.96. The minimum absolute atomic E-state index is 0.00778. The predicted octanol–water partition coefficient (Wildman–Crippen LogP) is 2.62. The van der Waals surface area contributed by atoms with E-state index in [4.69, 9.17) is 4.74 Å². The van der Waals surface area contributed by atoms with E-state index in [0.717, 1.165) is 11.4 Å². The molecule has 1 aromatic carbocycles. The van der Waals surface area contributed by atoms with Crippen molar-refractivity contribution in [1.29, 1.82) is 0 Å². The number of ether oxygens (including phenoxy) is 1. The molecule has 1 aromatic rings. The van der Waals surface area contributed by atoms with E-state index in [1.807, 2.05) is 39.0 Å². The SMILES string of the molecule is CCOc1cccc2c1NC(=O)CC(C)(C)N2. The van der Waals surface area contributed by atoms with E-state index < -0.39 is 0 Å². The molecule has 0 bridgehead atoms. The van der Waals surface area contributed by atoms with Gasteiger partial charge in [0.1, 0.15) is 11.4 Å². The largest absolute Gasteiger partial charge is 0.492 e. The number of hydrogen-bond acceptors (Lipinski definition) is 3. The maximum absolute atomic E-state index is 11.8. The molecule has 17 heavy (non-hydrogen) atoms. The van der Waals surface area contributed by atoms with Crippen LogP contribution < -0.4 is 15.4 Å². The summed E-state index contributed by atoms with van der Waals surface area (Å²) < 4.78 is 5.52. The molecule has 0 saturated heterocycles. The standard InChI is InChI=1S/C13H18N2O2/c1-4-17-10-7-5-6-9-12(10)14-11(16)8-13(2,3)15-9/h5-7,15H,4,8H2,1-3H3,(H,14,16). The molecule has 0 aliphatic carbocycles. The highest BCUT2D eigenvalue weighted by atomic mass is 16.5. The fraction of sp³-hybridized carbons (Fsp3) is 0.462. The first-order valence-corrected chi connectivity index (χ1v) is 5.86. The first kappa shape index (κ1) is 11.8. The van der Waals surface area contributed by atoms with Gasteiger partial charge in [-0.3, -0.25) is 4.79 Å². The second-order valence-electron chi connectivity index (χ2n) is 4.85. The quantitative estimate of drug-likeness (QED) is 0.827. The van der Waals surface area contributed by atoms with E-state index in [0.29, 0.717) is 18.8 Å². The molecule has 0 aromatic heterocycles. The predicted molar refractivity (Wildman–Crippen MR) is 68.6 cm³/mol. The highest BCUT2D eigenvalue weighted by Gasteiger charge is 2.28. The fourth-order valence-electron chi connectivity index (χ4n) is 2.03. The van der Waals surface area contributed by atoms with Crippen LogP contribution in [0.25, 0.3) is 0 Å². The number of carbonyl (C=O) groups excluding carboxylic acids is 1. The Morgan fingerprint density at radius 3 is 2.88 bits per heavy atom. The summed E-state index contributed by atoms with van der Waals surface area (Å²) >= 11 is 0. The van der Waals surface area contributed by atoms with E-state index in [9.17, 15) is 4.79 Å². The van der Waals surface area contributed by atoms with Crippen LogP contribution in [0.15, 0.2) is 18.2 Å². The Hall–Kier alpha value is -1.71. The van der Waals surface area contributed by atoms with Gasteiger partial charge < -0.3 is 15.4 Å². The van der Waals surface area contributed by atoms with Gasteiger partial charge in [-0.05, 0) is 32.9 Å². The van der Waals surface area contributed by atoms with Crippen LogP contribution >= 0.6 is 0 Å². The lowest BCUT2D eigenvalue weighted by Gasteiger charge is -2.24. The third kappa shape index (κ3) is 2.52. The van der Waals surface area contributed by atoms with Crippen LogP contribution in [-0.4, -0.2) is 18.1 Å². The average molecular weight is 234 g/mol. The van der Waals surface area contributed by atoms with E-state index in [-0.39, 0.29) is 11.4 Å². The molecular weight excluding hydrogens is 216 g/mol. The van der Waals surface area contributed by atoms with Gasteiger partial charge in [-0.15, -0.1) is 0 Å². The second-order valence-corrected chi connectivity index (χ2v) is 4.85.